The minimum Gasteiger partial charge on any atom is -0.280 e. The van der Waals surface area contributed by atoms with E-state index in [-0.39, 0.29) is 17.2 Å². The lowest BCUT2D eigenvalue weighted by Crippen LogP contribution is -2.37. The van der Waals surface area contributed by atoms with E-state index in [1.807, 2.05) is 43.3 Å². The Morgan fingerprint density at radius 3 is 2.22 bits per heavy atom. The van der Waals surface area contributed by atoms with Crippen LogP contribution in [0.2, 0.25) is 0 Å². The van der Waals surface area contributed by atoms with Gasteiger partial charge in [-0.1, -0.05) is 55.5 Å². The molecule has 4 rings (SSSR count). The molecule has 0 aromatic heterocycles. The summed E-state index contributed by atoms with van der Waals surface area (Å²) in [6.45, 7) is 2.56. The van der Waals surface area contributed by atoms with Crippen LogP contribution >= 0.6 is 0 Å². The third-order valence-corrected chi connectivity index (χ3v) is 8.98. The zero-order valence-corrected chi connectivity index (χ0v) is 19.5. The molecule has 32 heavy (non-hydrogen) atoms. The van der Waals surface area contributed by atoms with Gasteiger partial charge in [0.25, 0.3) is 10.0 Å². The van der Waals surface area contributed by atoms with Gasteiger partial charge in [0.05, 0.1) is 10.6 Å². The van der Waals surface area contributed by atoms with Gasteiger partial charge in [-0.15, -0.1) is 0 Å². The molecule has 1 aliphatic heterocycles. The second-order valence-corrected chi connectivity index (χ2v) is 11.6. The van der Waals surface area contributed by atoms with E-state index in [9.17, 15) is 16.8 Å². The maximum absolute atomic E-state index is 12.9. The van der Waals surface area contributed by atoms with Gasteiger partial charge in [0, 0.05) is 18.8 Å². The lowest BCUT2D eigenvalue weighted by atomic mass is 10.0. The van der Waals surface area contributed by atoms with Crippen molar-refractivity contribution in [3.8, 4) is 11.1 Å². The second-order valence-electron chi connectivity index (χ2n) is 7.88. The van der Waals surface area contributed by atoms with E-state index in [2.05, 4.69) is 4.72 Å². The summed E-state index contributed by atoms with van der Waals surface area (Å²) in [5.41, 5.74) is 4.25. The molecular formula is C24H26N2O4S2. The molecule has 0 unspecified atom stereocenters. The van der Waals surface area contributed by atoms with Gasteiger partial charge < -0.3 is 0 Å². The van der Waals surface area contributed by atoms with Gasteiger partial charge in [0.1, 0.15) is 0 Å². The fraction of sp³-hybridized carbons (Fsp3) is 0.250. The minimum absolute atomic E-state index is 0.119. The Hall–Kier alpha value is -2.68. The minimum atomic E-state index is -3.77. The molecular weight excluding hydrogens is 444 g/mol. The van der Waals surface area contributed by atoms with Crippen molar-refractivity contribution in [1.29, 1.82) is 0 Å². The summed E-state index contributed by atoms with van der Waals surface area (Å²) in [7, 11) is -7.07. The third-order valence-electron chi connectivity index (χ3n) is 5.56. The monoisotopic (exact) mass is 470 g/mol. The zero-order valence-electron chi connectivity index (χ0n) is 17.9. The second kappa shape index (κ2) is 9.05. The Balaban J connectivity index is 1.53. The Morgan fingerprint density at radius 1 is 0.844 bits per heavy atom. The van der Waals surface area contributed by atoms with Crippen molar-refractivity contribution in [2.24, 2.45) is 0 Å². The highest BCUT2D eigenvalue weighted by Gasteiger charge is 2.26. The number of anilines is 1. The van der Waals surface area contributed by atoms with Crippen LogP contribution in [0.15, 0.2) is 77.7 Å². The number of benzene rings is 3. The molecule has 0 radical (unpaired) electrons. The average Bonchev–Trinajstić information content (AvgIpc) is 2.79. The van der Waals surface area contributed by atoms with Crippen molar-refractivity contribution in [3.05, 3.63) is 83.9 Å². The first-order chi connectivity index (χ1) is 15.3. The van der Waals surface area contributed by atoms with Crippen LogP contribution in [0, 0.1) is 0 Å². The fourth-order valence-electron chi connectivity index (χ4n) is 3.89. The number of sulfonamides is 2. The number of rotatable bonds is 7. The number of nitrogens with zero attached hydrogens (tertiary/aromatic N) is 1. The van der Waals surface area contributed by atoms with Crippen molar-refractivity contribution in [1.82, 2.24) is 4.31 Å². The molecule has 3 aromatic carbocycles. The summed E-state index contributed by atoms with van der Waals surface area (Å²) in [5.74, 6) is 0.119. The molecule has 0 saturated carbocycles. The van der Waals surface area contributed by atoms with Gasteiger partial charge in [0.2, 0.25) is 10.0 Å². The number of hydrogen-bond donors (Lipinski definition) is 1. The molecule has 6 nitrogen and oxygen atoms in total. The van der Waals surface area contributed by atoms with Crippen LogP contribution in [0.3, 0.4) is 0 Å². The predicted molar refractivity (Wildman–Crippen MR) is 127 cm³/mol. The summed E-state index contributed by atoms with van der Waals surface area (Å²) in [4.78, 5) is 0.169. The van der Waals surface area contributed by atoms with E-state index in [0.29, 0.717) is 25.1 Å². The summed E-state index contributed by atoms with van der Waals surface area (Å²) in [6, 6.07) is 21.8. The summed E-state index contributed by atoms with van der Waals surface area (Å²) < 4.78 is 54.8. The third kappa shape index (κ3) is 4.87. The molecule has 3 aromatic rings. The zero-order chi connectivity index (χ0) is 22.8. The van der Waals surface area contributed by atoms with Crippen LogP contribution in [0.4, 0.5) is 5.69 Å². The molecule has 0 amide bonds. The van der Waals surface area contributed by atoms with Gasteiger partial charge in [-0.25, -0.2) is 16.8 Å². The SMILES string of the molecule is CCCS(=O)(=O)N1CCc2ccc(NS(=O)(=O)c3ccc(-c4ccccc4)cc3)cc2C1. The first-order valence-electron chi connectivity index (χ1n) is 10.6. The Morgan fingerprint density at radius 2 is 1.53 bits per heavy atom. The predicted octanol–water partition coefficient (Wildman–Crippen LogP) is 4.25. The Kier molecular flexibility index (Phi) is 6.37. The molecule has 1 aliphatic rings. The molecule has 0 spiro atoms. The fourth-order valence-corrected chi connectivity index (χ4v) is 6.42. The molecule has 0 saturated heterocycles. The molecule has 0 bridgehead atoms. The van der Waals surface area contributed by atoms with Crippen LogP contribution in [-0.4, -0.2) is 33.4 Å². The van der Waals surface area contributed by atoms with E-state index in [1.165, 1.54) is 4.31 Å². The van der Waals surface area contributed by atoms with Crippen molar-refractivity contribution < 1.29 is 16.8 Å². The van der Waals surface area contributed by atoms with E-state index in [1.54, 1.807) is 36.4 Å². The largest absolute Gasteiger partial charge is 0.280 e. The van der Waals surface area contributed by atoms with Crippen LogP contribution in [0.25, 0.3) is 11.1 Å². The van der Waals surface area contributed by atoms with E-state index in [0.717, 1.165) is 22.3 Å². The first kappa shape index (κ1) is 22.5. The maximum Gasteiger partial charge on any atom is 0.261 e. The highest BCUT2D eigenvalue weighted by molar-refractivity contribution is 7.92. The van der Waals surface area contributed by atoms with Crippen LogP contribution in [0.1, 0.15) is 24.5 Å². The van der Waals surface area contributed by atoms with Crippen molar-refractivity contribution in [2.75, 3.05) is 17.0 Å². The molecule has 0 fully saturated rings. The Labute approximate surface area is 190 Å². The van der Waals surface area contributed by atoms with Crippen molar-refractivity contribution in [2.45, 2.75) is 31.2 Å². The van der Waals surface area contributed by atoms with E-state index < -0.39 is 20.0 Å². The van der Waals surface area contributed by atoms with Crippen LogP contribution in [0.5, 0.6) is 0 Å². The van der Waals surface area contributed by atoms with Gasteiger partial charge in [0.15, 0.2) is 0 Å². The quantitative estimate of drug-likeness (QED) is 0.559. The summed E-state index contributed by atoms with van der Waals surface area (Å²) in [5, 5.41) is 0. The normalized spacial score (nSPS) is 14.7. The lowest BCUT2D eigenvalue weighted by Gasteiger charge is -2.28. The van der Waals surface area contributed by atoms with Gasteiger partial charge >= 0.3 is 0 Å². The maximum atomic E-state index is 12.9. The average molecular weight is 471 g/mol. The van der Waals surface area contributed by atoms with Crippen molar-refractivity contribution >= 4 is 25.7 Å². The number of fused-ring (bicyclic) bond motifs is 1. The van der Waals surface area contributed by atoms with E-state index >= 15 is 0 Å². The highest BCUT2D eigenvalue weighted by atomic mass is 32.2. The van der Waals surface area contributed by atoms with Gasteiger partial charge in [-0.3, -0.25) is 4.72 Å². The van der Waals surface area contributed by atoms with E-state index in [4.69, 9.17) is 0 Å². The van der Waals surface area contributed by atoms with Crippen LogP contribution < -0.4 is 4.72 Å². The first-order valence-corrected chi connectivity index (χ1v) is 13.7. The van der Waals surface area contributed by atoms with Gasteiger partial charge in [-0.05, 0) is 59.4 Å². The standard InChI is InChI=1S/C24H26N2O4S2/c1-2-16-31(27,28)26-15-14-21-8-11-23(17-22(21)18-26)25-32(29,30)24-12-9-20(10-13-24)19-6-4-3-5-7-19/h3-13,17,25H,2,14-16,18H2,1H3. The van der Waals surface area contributed by atoms with Crippen LogP contribution in [-0.2, 0) is 33.0 Å². The highest BCUT2D eigenvalue weighted by Crippen LogP contribution is 2.27. The number of nitrogens with one attached hydrogen (secondary N) is 1. The molecule has 168 valence electrons. The van der Waals surface area contributed by atoms with Gasteiger partial charge in [-0.2, -0.15) is 4.31 Å². The topological polar surface area (TPSA) is 83.6 Å². The lowest BCUT2D eigenvalue weighted by molar-refractivity contribution is 0.391. The summed E-state index contributed by atoms with van der Waals surface area (Å²) in [6.07, 6.45) is 1.18. The molecule has 0 atom stereocenters. The van der Waals surface area contributed by atoms with Crippen molar-refractivity contribution in [3.63, 3.8) is 0 Å². The summed E-state index contributed by atoms with van der Waals surface area (Å²) >= 11 is 0. The smallest absolute Gasteiger partial charge is 0.261 e. The number of hydrogen-bond acceptors (Lipinski definition) is 4. The molecule has 0 aliphatic carbocycles. The molecule has 1 heterocycles. The Bertz CT molecular complexity index is 1300. The molecule has 8 heteroatoms. The molecule has 1 N–H and O–H groups in total.